The Bertz CT molecular complexity index is 575. The third-order valence-corrected chi connectivity index (χ3v) is 3.52. The van der Waals surface area contributed by atoms with Crippen molar-refractivity contribution in [1.29, 1.82) is 0 Å². The minimum atomic E-state index is 0.0393. The third-order valence-electron chi connectivity index (χ3n) is 3.52. The Morgan fingerprint density at radius 2 is 2.10 bits per heavy atom. The molecular weight excluding hydrogens is 254 g/mol. The number of fused-ring (bicyclic) bond motifs is 1. The Morgan fingerprint density at radius 3 is 2.85 bits per heavy atom. The van der Waals surface area contributed by atoms with E-state index in [2.05, 4.69) is 15.5 Å². The van der Waals surface area contributed by atoms with Crippen LogP contribution in [0.4, 0.5) is 0 Å². The molecule has 5 heteroatoms. The van der Waals surface area contributed by atoms with Crippen molar-refractivity contribution >= 4 is 0 Å². The summed E-state index contributed by atoms with van der Waals surface area (Å²) in [6.07, 6.45) is 0.0393. The van der Waals surface area contributed by atoms with Gasteiger partial charge in [0.05, 0.1) is 5.69 Å². The Labute approximate surface area is 118 Å². The van der Waals surface area contributed by atoms with E-state index in [0.717, 1.165) is 36.0 Å². The molecule has 3 rings (SSSR count). The van der Waals surface area contributed by atoms with Gasteiger partial charge in [-0.1, -0.05) is 12.1 Å². The first-order valence-corrected chi connectivity index (χ1v) is 6.83. The summed E-state index contributed by atoms with van der Waals surface area (Å²) in [4.78, 5) is 0. The van der Waals surface area contributed by atoms with E-state index in [-0.39, 0.29) is 6.10 Å². The zero-order chi connectivity index (χ0) is 13.9. The van der Waals surface area contributed by atoms with E-state index in [1.807, 2.05) is 38.1 Å². The topological polar surface area (TPSA) is 59.2 Å². The van der Waals surface area contributed by atoms with Crippen LogP contribution in [0.3, 0.4) is 0 Å². The van der Waals surface area contributed by atoms with E-state index in [4.69, 9.17) is 9.47 Å². The number of aryl methyl sites for hydroxylation is 2. The number of H-pyrrole nitrogens is 1. The molecule has 1 aliphatic heterocycles. The van der Waals surface area contributed by atoms with Gasteiger partial charge in [-0.2, -0.15) is 5.10 Å². The molecule has 0 aliphatic carbocycles. The first kappa shape index (κ1) is 13.0. The van der Waals surface area contributed by atoms with E-state index < -0.39 is 0 Å². The Hall–Kier alpha value is -2.01. The number of aromatic nitrogens is 2. The quantitative estimate of drug-likeness (QED) is 0.894. The second-order valence-electron chi connectivity index (χ2n) is 5.04. The number of rotatable bonds is 4. The lowest BCUT2D eigenvalue weighted by molar-refractivity contribution is 0.0902. The highest BCUT2D eigenvalue weighted by Crippen LogP contribution is 2.30. The van der Waals surface area contributed by atoms with Crippen LogP contribution in [0.1, 0.15) is 17.0 Å². The van der Waals surface area contributed by atoms with Crippen molar-refractivity contribution in [2.75, 3.05) is 13.2 Å². The fourth-order valence-electron chi connectivity index (χ4n) is 2.36. The number of benzene rings is 1. The molecule has 2 aromatic rings. The molecule has 0 saturated heterocycles. The fourth-order valence-corrected chi connectivity index (χ4v) is 2.36. The molecule has 2 N–H and O–H groups in total. The predicted molar refractivity (Wildman–Crippen MR) is 76.1 cm³/mol. The molecule has 0 saturated carbocycles. The summed E-state index contributed by atoms with van der Waals surface area (Å²) < 4.78 is 11.6. The van der Waals surface area contributed by atoms with Gasteiger partial charge in [0.1, 0.15) is 12.7 Å². The van der Waals surface area contributed by atoms with Crippen LogP contribution in [-0.2, 0) is 6.54 Å². The maximum absolute atomic E-state index is 5.90. The van der Waals surface area contributed by atoms with Crippen molar-refractivity contribution in [2.24, 2.45) is 0 Å². The van der Waals surface area contributed by atoms with Crippen LogP contribution < -0.4 is 14.8 Å². The SMILES string of the molecule is Cc1n[nH]c(C)c1CNC[C@H]1COc2ccccc2O1. The zero-order valence-corrected chi connectivity index (χ0v) is 11.8. The smallest absolute Gasteiger partial charge is 0.161 e. The average molecular weight is 273 g/mol. The summed E-state index contributed by atoms with van der Waals surface area (Å²) in [5.74, 6) is 1.64. The van der Waals surface area contributed by atoms with Crippen LogP contribution in [0.15, 0.2) is 24.3 Å². The van der Waals surface area contributed by atoms with Crippen LogP contribution in [0.25, 0.3) is 0 Å². The molecular formula is C15H19N3O2. The van der Waals surface area contributed by atoms with E-state index in [0.29, 0.717) is 6.61 Å². The molecule has 1 aromatic heterocycles. The number of hydrogen-bond donors (Lipinski definition) is 2. The molecule has 1 aliphatic rings. The van der Waals surface area contributed by atoms with Gasteiger partial charge in [0.2, 0.25) is 0 Å². The summed E-state index contributed by atoms with van der Waals surface area (Å²) in [5, 5.41) is 10.6. The highest BCUT2D eigenvalue weighted by atomic mass is 16.6. The Kier molecular flexibility index (Phi) is 3.60. The van der Waals surface area contributed by atoms with Crippen LogP contribution in [0.2, 0.25) is 0 Å². The van der Waals surface area contributed by atoms with Crippen LogP contribution in [0.5, 0.6) is 11.5 Å². The average Bonchev–Trinajstić information content (AvgIpc) is 2.79. The van der Waals surface area contributed by atoms with Gasteiger partial charge >= 0.3 is 0 Å². The van der Waals surface area contributed by atoms with Crippen LogP contribution in [-0.4, -0.2) is 29.5 Å². The summed E-state index contributed by atoms with van der Waals surface area (Å²) in [6.45, 7) is 6.16. The minimum Gasteiger partial charge on any atom is -0.486 e. The van der Waals surface area contributed by atoms with Crippen molar-refractivity contribution in [2.45, 2.75) is 26.5 Å². The fraction of sp³-hybridized carbons (Fsp3) is 0.400. The van der Waals surface area contributed by atoms with Crippen molar-refractivity contribution < 1.29 is 9.47 Å². The van der Waals surface area contributed by atoms with Crippen molar-refractivity contribution in [3.8, 4) is 11.5 Å². The highest BCUT2D eigenvalue weighted by molar-refractivity contribution is 5.40. The Balaban J connectivity index is 1.53. The molecule has 0 bridgehead atoms. The summed E-state index contributed by atoms with van der Waals surface area (Å²) in [7, 11) is 0. The summed E-state index contributed by atoms with van der Waals surface area (Å²) in [6, 6.07) is 7.77. The molecule has 0 fully saturated rings. The van der Waals surface area contributed by atoms with Gasteiger partial charge in [0.15, 0.2) is 11.5 Å². The number of para-hydroxylation sites is 2. The highest BCUT2D eigenvalue weighted by Gasteiger charge is 2.20. The molecule has 106 valence electrons. The summed E-state index contributed by atoms with van der Waals surface area (Å²) >= 11 is 0. The lowest BCUT2D eigenvalue weighted by Gasteiger charge is -2.26. The Morgan fingerprint density at radius 1 is 1.30 bits per heavy atom. The molecule has 0 radical (unpaired) electrons. The van der Waals surface area contributed by atoms with E-state index in [1.165, 1.54) is 5.56 Å². The van der Waals surface area contributed by atoms with Gasteiger partial charge in [0, 0.05) is 24.3 Å². The molecule has 0 unspecified atom stereocenters. The first-order valence-electron chi connectivity index (χ1n) is 6.83. The monoisotopic (exact) mass is 273 g/mol. The van der Waals surface area contributed by atoms with Gasteiger partial charge < -0.3 is 14.8 Å². The van der Waals surface area contributed by atoms with E-state index in [9.17, 15) is 0 Å². The lowest BCUT2D eigenvalue weighted by Crippen LogP contribution is -2.38. The first-order chi connectivity index (χ1) is 9.74. The second-order valence-corrected chi connectivity index (χ2v) is 5.04. The molecule has 20 heavy (non-hydrogen) atoms. The van der Waals surface area contributed by atoms with Crippen LogP contribution in [0, 0.1) is 13.8 Å². The van der Waals surface area contributed by atoms with Gasteiger partial charge in [-0.05, 0) is 26.0 Å². The molecule has 5 nitrogen and oxygen atoms in total. The molecule has 0 spiro atoms. The van der Waals surface area contributed by atoms with Crippen molar-refractivity contribution in [3.05, 3.63) is 41.2 Å². The van der Waals surface area contributed by atoms with Gasteiger partial charge in [0.25, 0.3) is 0 Å². The minimum absolute atomic E-state index is 0.0393. The maximum Gasteiger partial charge on any atom is 0.161 e. The van der Waals surface area contributed by atoms with E-state index >= 15 is 0 Å². The van der Waals surface area contributed by atoms with Gasteiger partial charge in [-0.25, -0.2) is 0 Å². The normalized spacial score (nSPS) is 17.2. The molecule has 2 heterocycles. The van der Waals surface area contributed by atoms with Gasteiger partial charge in [-0.3, -0.25) is 5.10 Å². The van der Waals surface area contributed by atoms with Crippen molar-refractivity contribution in [1.82, 2.24) is 15.5 Å². The largest absolute Gasteiger partial charge is 0.486 e. The number of aromatic amines is 1. The van der Waals surface area contributed by atoms with Crippen molar-refractivity contribution in [3.63, 3.8) is 0 Å². The number of ether oxygens (including phenoxy) is 2. The maximum atomic E-state index is 5.90. The molecule has 0 amide bonds. The number of nitrogens with zero attached hydrogens (tertiary/aromatic N) is 1. The standard InChI is InChI=1S/C15H19N3O2/c1-10-13(11(2)18-17-10)8-16-7-12-9-19-14-5-3-4-6-15(14)20-12/h3-6,12,16H,7-9H2,1-2H3,(H,17,18)/t12-/m0/s1. The zero-order valence-electron chi connectivity index (χ0n) is 11.8. The second kappa shape index (κ2) is 5.54. The number of hydrogen-bond acceptors (Lipinski definition) is 4. The predicted octanol–water partition coefficient (Wildman–Crippen LogP) is 1.96. The summed E-state index contributed by atoms with van der Waals surface area (Å²) in [5.41, 5.74) is 3.38. The lowest BCUT2D eigenvalue weighted by atomic mass is 10.2. The van der Waals surface area contributed by atoms with E-state index in [1.54, 1.807) is 0 Å². The van der Waals surface area contributed by atoms with Crippen LogP contribution >= 0.6 is 0 Å². The molecule has 1 atom stereocenters. The number of nitrogens with one attached hydrogen (secondary N) is 2. The van der Waals surface area contributed by atoms with Gasteiger partial charge in [-0.15, -0.1) is 0 Å². The molecule has 1 aromatic carbocycles. The third kappa shape index (κ3) is 2.63.